The molecule has 0 aliphatic heterocycles. The molecule has 0 amide bonds. The normalized spacial score (nSPS) is 21.1. The summed E-state index contributed by atoms with van der Waals surface area (Å²) in [4.78, 5) is 0. The van der Waals surface area contributed by atoms with E-state index in [0.29, 0.717) is 23.2 Å². The second kappa shape index (κ2) is 6.56. The summed E-state index contributed by atoms with van der Waals surface area (Å²) < 4.78 is 12.2. The van der Waals surface area contributed by atoms with Crippen LogP contribution in [0.1, 0.15) is 54.4 Å². The van der Waals surface area contributed by atoms with Crippen LogP contribution in [0, 0.1) is 11.8 Å². The standard InChI is InChI=1S/C12H26OP/c1-7-9(3)11(5)14(13)12(6)10(4)8-2/h9-12H,7-8H2,1-6H3/q+1. The van der Waals surface area contributed by atoms with Crippen LogP contribution in [0.4, 0.5) is 0 Å². The lowest BCUT2D eigenvalue weighted by Crippen LogP contribution is -2.17. The van der Waals surface area contributed by atoms with Gasteiger partial charge in [0.15, 0.2) is 11.3 Å². The minimum absolute atomic E-state index is 0.374. The SMILES string of the molecule is CCC(C)C(C)[P+](=O)C(C)C(C)CC. The van der Waals surface area contributed by atoms with E-state index in [9.17, 15) is 4.57 Å². The van der Waals surface area contributed by atoms with Crippen LogP contribution in [0.2, 0.25) is 0 Å². The molecule has 0 saturated heterocycles. The van der Waals surface area contributed by atoms with Gasteiger partial charge in [-0.25, -0.2) is 0 Å². The highest BCUT2D eigenvalue weighted by Crippen LogP contribution is 2.42. The zero-order valence-corrected chi connectivity index (χ0v) is 11.5. The molecule has 0 aromatic carbocycles. The first kappa shape index (κ1) is 14.1. The van der Waals surface area contributed by atoms with E-state index in [1.54, 1.807) is 0 Å². The Kier molecular flexibility index (Phi) is 6.61. The summed E-state index contributed by atoms with van der Waals surface area (Å²) in [7, 11) is -1.04. The van der Waals surface area contributed by atoms with Gasteiger partial charge < -0.3 is 0 Å². The Hall–Kier alpha value is 0.100. The average molecular weight is 217 g/mol. The maximum Gasteiger partial charge on any atom is 0.344 e. The highest BCUT2D eigenvalue weighted by Gasteiger charge is 2.37. The summed E-state index contributed by atoms with van der Waals surface area (Å²) in [6, 6.07) is 0. The minimum atomic E-state index is -1.04. The average Bonchev–Trinajstić information content (AvgIpc) is 2.23. The van der Waals surface area contributed by atoms with Crippen LogP contribution >= 0.6 is 7.80 Å². The van der Waals surface area contributed by atoms with Gasteiger partial charge in [-0.1, -0.05) is 32.3 Å². The van der Waals surface area contributed by atoms with E-state index in [-0.39, 0.29) is 0 Å². The highest BCUT2D eigenvalue weighted by atomic mass is 31.1. The van der Waals surface area contributed by atoms with Gasteiger partial charge in [-0.05, 0) is 26.7 Å². The zero-order valence-electron chi connectivity index (χ0n) is 10.6. The lowest BCUT2D eigenvalue weighted by atomic mass is 10.1. The van der Waals surface area contributed by atoms with Crippen LogP contribution in [0.3, 0.4) is 0 Å². The van der Waals surface area contributed by atoms with E-state index < -0.39 is 7.80 Å². The Balaban J connectivity index is 4.31. The molecule has 0 aliphatic rings. The molecule has 14 heavy (non-hydrogen) atoms. The van der Waals surface area contributed by atoms with Crippen molar-refractivity contribution < 1.29 is 4.57 Å². The van der Waals surface area contributed by atoms with Gasteiger partial charge in [0.25, 0.3) is 0 Å². The third-order valence-electron chi connectivity index (χ3n) is 3.74. The molecular formula is C12H26OP+. The van der Waals surface area contributed by atoms with Gasteiger partial charge in [-0.2, -0.15) is 0 Å². The van der Waals surface area contributed by atoms with Crippen molar-refractivity contribution in [2.24, 2.45) is 11.8 Å². The second-order valence-corrected chi connectivity index (χ2v) is 6.96. The largest absolute Gasteiger partial charge is 0.344 e. The van der Waals surface area contributed by atoms with Crippen molar-refractivity contribution in [3.8, 4) is 0 Å². The fourth-order valence-electron chi connectivity index (χ4n) is 1.55. The van der Waals surface area contributed by atoms with Crippen molar-refractivity contribution in [2.75, 3.05) is 0 Å². The number of hydrogen-bond acceptors (Lipinski definition) is 1. The summed E-state index contributed by atoms with van der Waals surface area (Å²) >= 11 is 0. The molecular weight excluding hydrogens is 191 g/mol. The molecule has 0 heterocycles. The maximum atomic E-state index is 12.2. The topological polar surface area (TPSA) is 17.1 Å². The Morgan fingerprint density at radius 2 is 1.14 bits per heavy atom. The molecule has 0 spiro atoms. The highest BCUT2D eigenvalue weighted by molar-refractivity contribution is 7.46. The van der Waals surface area contributed by atoms with Crippen molar-refractivity contribution in [1.29, 1.82) is 0 Å². The molecule has 2 heteroatoms. The molecule has 4 atom stereocenters. The van der Waals surface area contributed by atoms with Crippen LogP contribution < -0.4 is 0 Å². The maximum absolute atomic E-state index is 12.2. The van der Waals surface area contributed by atoms with Crippen LogP contribution in [0.5, 0.6) is 0 Å². The predicted molar refractivity (Wildman–Crippen MR) is 65.4 cm³/mol. The van der Waals surface area contributed by atoms with Gasteiger partial charge in [-0.15, -0.1) is 0 Å². The summed E-state index contributed by atoms with van der Waals surface area (Å²) in [5, 5.41) is 0. The fourth-order valence-corrected chi connectivity index (χ4v) is 3.72. The molecule has 1 nitrogen and oxygen atoms in total. The van der Waals surface area contributed by atoms with E-state index in [1.807, 2.05) is 0 Å². The molecule has 0 saturated carbocycles. The lowest BCUT2D eigenvalue weighted by Gasteiger charge is -2.15. The quantitative estimate of drug-likeness (QED) is 0.590. The summed E-state index contributed by atoms with van der Waals surface area (Å²) in [5.74, 6) is 1.18. The van der Waals surface area contributed by atoms with Crippen molar-refractivity contribution in [3.05, 3.63) is 0 Å². The molecule has 4 unspecified atom stereocenters. The third kappa shape index (κ3) is 3.69. The van der Waals surface area contributed by atoms with E-state index in [4.69, 9.17) is 0 Å². The van der Waals surface area contributed by atoms with Crippen molar-refractivity contribution in [1.82, 2.24) is 0 Å². The van der Waals surface area contributed by atoms with Gasteiger partial charge in [0, 0.05) is 11.8 Å². The summed E-state index contributed by atoms with van der Waals surface area (Å²) in [6.07, 6.45) is 2.27. The van der Waals surface area contributed by atoms with Gasteiger partial charge in [0.1, 0.15) is 0 Å². The first-order chi connectivity index (χ1) is 6.45. The first-order valence-electron chi connectivity index (χ1n) is 5.91. The molecule has 0 aliphatic carbocycles. The Morgan fingerprint density at radius 1 is 0.857 bits per heavy atom. The molecule has 0 rings (SSSR count). The number of rotatable bonds is 6. The molecule has 0 fully saturated rings. The van der Waals surface area contributed by atoms with Gasteiger partial charge in [0.05, 0.1) is 0 Å². The Labute approximate surface area is 90.5 Å². The van der Waals surface area contributed by atoms with E-state index >= 15 is 0 Å². The molecule has 0 radical (unpaired) electrons. The van der Waals surface area contributed by atoms with E-state index in [2.05, 4.69) is 41.5 Å². The van der Waals surface area contributed by atoms with Crippen LogP contribution in [0.25, 0.3) is 0 Å². The second-order valence-electron chi connectivity index (χ2n) is 4.61. The smallest absolute Gasteiger partial charge is 0.0742 e. The monoisotopic (exact) mass is 217 g/mol. The van der Waals surface area contributed by atoms with Crippen LogP contribution in [0.15, 0.2) is 0 Å². The van der Waals surface area contributed by atoms with Crippen LogP contribution in [-0.2, 0) is 4.57 Å². The minimum Gasteiger partial charge on any atom is -0.0742 e. The van der Waals surface area contributed by atoms with Gasteiger partial charge in [-0.3, -0.25) is 0 Å². The number of hydrogen-bond donors (Lipinski definition) is 0. The fraction of sp³-hybridized carbons (Fsp3) is 1.00. The molecule has 0 aromatic rings. The third-order valence-corrected chi connectivity index (χ3v) is 6.36. The summed E-state index contributed by atoms with van der Waals surface area (Å²) in [5.41, 5.74) is 0.748. The Morgan fingerprint density at radius 3 is 1.36 bits per heavy atom. The van der Waals surface area contributed by atoms with Crippen molar-refractivity contribution >= 4 is 7.80 Å². The molecule has 0 bridgehead atoms. The molecule has 84 valence electrons. The summed E-state index contributed by atoms with van der Waals surface area (Å²) in [6.45, 7) is 13.1. The van der Waals surface area contributed by atoms with E-state index in [1.165, 1.54) is 0 Å². The van der Waals surface area contributed by atoms with Crippen LogP contribution in [-0.4, -0.2) is 11.3 Å². The Bertz CT molecular complexity index is 161. The van der Waals surface area contributed by atoms with Gasteiger partial charge in [0.2, 0.25) is 0 Å². The zero-order chi connectivity index (χ0) is 11.3. The van der Waals surface area contributed by atoms with Crippen molar-refractivity contribution in [2.45, 2.75) is 65.7 Å². The first-order valence-corrected chi connectivity index (χ1v) is 7.30. The van der Waals surface area contributed by atoms with Crippen molar-refractivity contribution in [3.63, 3.8) is 0 Å². The predicted octanol–water partition coefficient (Wildman–Crippen LogP) is 4.68. The molecule has 0 N–H and O–H groups in total. The van der Waals surface area contributed by atoms with Gasteiger partial charge >= 0.3 is 7.80 Å². The lowest BCUT2D eigenvalue weighted by molar-refractivity contribution is 0.484. The van der Waals surface area contributed by atoms with E-state index in [0.717, 1.165) is 12.8 Å². The molecule has 0 aromatic heterocycles.